The van der Waals surface area contributed by atoms with Crippen molar-refractivity contribution >= 4 is 23.6 Å². The molecule has 0 unspecified atom stereocenters. The van der Waals surface area contributed by atoms with Gasteiger partial charge in [-0.15, -0.1) is 0 Å². The van der Waals surface area contributed by atoms with E-state index in [1.54, 1.807) is 7.11 Å². The van der Waals surface area contributed by atoms with Crippen molar-refractivity contribution in [1.29, 1.82) is 0 Å². The summed E-state index contributed by atoms with van der Waals surface area (Å²) >= 11 is 1.37. The Labute approximate surface area is 124 Å². The van der Waals surface area contributed by atoms with E-state index in [0.29, 0.717) is 6.54 Å². The van der Waals surface area contributed by atoms with Crippen LogP contribution < -0.4 is 10.6 Å². The Balaban J connectivity index is 1.98. The summed E-state index contributed by atoms with van der Waals surface area (Å²) in [7, 11) is 1.67. The van der Waals surface area contributed by atoms with Crippen molar-refractivity contribution in [3.05, 3.63) is 23.8 Å². The first-order valence-electron chi connectivity index (χ1n) is 6.67. The Bertz CT molecular complexity index is 473. The lowest BCUT2D eigenvalue weighted by atomic mass is 10.1. The highest BCUT2D eigenvalue weighted by Crippen LogP contribution is 2.27. The lowest BCUT2D eigenvalue weighted by Crippen LogP contribution is -2.49. The smallest absolute Gasteiger partial charge is 0.231 e. The zero-order valence-corrected chi connectivity index (χ0v) is 12.8. The number of carbonyl (C=O) groups excluding carboxylic acids is 1. The van der Waals surface area contributed by atoms with E-state index in [9.17, 15) is 4.79 Å². The summed E-state index contributed by atoms with van der Waals surface area (Å²) in [4.78, 5) is 16.5. The highest BCUT2D eigenvalue weighted by molar-refractivity contribution is 7.94. The fraction of sp³-hybridized carbons (Fsp3) is 0.500. The van der Waals surface area contributed by atoms with Crippen LogP contribution in [0.2, 0.25) is 0 Å². The van der Waals surface area contributed by atoms with Gasteiger partial charge in [-0.2, -0.15) is 0 Å². The monoisotopic (exact) mass is 295 g/mol. The number of nitrogens with zero attached hydrogens (tertiary/aromatic N) is 2. The van der Waals surface area contributed by atoms with Gasteiger partial charge < -0.3 is 14.8 Å². The summed E-state index contributed by atoms with van der Waals surface area (Å²) < 4.78 is 5.07. The molecule has 1 aromatic rings. The number of carbonyl (C=O) groups is 1. The molecule has 5 nitrogen and oxygen atoms in total. The molecule has 0 atom stereocenters. The van der Waals surface area contributed by atoms with Gasteiger partial charge in [-0.1, -0.05) is 0 Å². The molecule has 0 radical (unpaired) electrons. The van der Waals surface area contributed by atoms with Crippen LogP contribution in [0.25, 0.3) is 0 Å². The molecule has 1 aromatic carbocycles. The molecule has 2 N–H and O–H groups in total. The average molecular weight is 295 g/mol. The van der Waals surface area contributed by atoms with Gasteiger partial charge in [0.2, 0.25) is 5.91 Å². The summed E-state index contributed by atoms with van der Waals surface area (Å²) in [5, 5.41) is 0. The number of rotatable bonds is 5. The van der Waals surface area contributed by atoms with E-state index in [2.05, 4.69) is 34.9 Å². The van der Waals surface area contributed by atoms with Crippen LogP contribution in [0.4, 0.5) is 5.69 Å². The lowest BCUT2D eigenvalue weighted by Gasteiger charge is -2.36. The molecular formula is C14H21N3O2S. The molecule has 1 fully saturated rings. The van der Waals surface area contributed by atoms with Gasteiger partial charge in [0.1, 0.15) is 0 Å². The molecule has 0 aliphatic carbocycles. The van der Waals surface area contributed by atoms with Crippen LogP contribution in [0.15, 0.2) is 23.1 Å². The number of hydrogen-bond donors (Lipinski definition) is 1. The van der Waals surface area contributed by atoms with E-state index in [4.69, 9.17) is 9.92 Å². The van der Waals surface area contributed by atoms with Gasteiger partial charge in [-0.05, 0) is 30.7 Å². The van der Waals surface area contributed by atoms with Crippen molar-refractivity contribution in [3.8, 4) is 0 Å². The van der Waals surface area contributed by atoms with Crippen molar-refractivity contribution in [3.63, 3.8) is 0 Å². The molecule has 6 heteroatoms. The maximum absolute atomic E-state index is 10.9. The Morgan fingerprint density at radius 3 is 2.60 bits per heavy atom. The molecule has 0 spiro atoms. The quantitative estimate of drug-likeness (QED) is 0.829. The molecule has 2 rings (SSSR count). The van der Waals surface area contributed by atoms with Crippen molar-refractivity contribution in [2.75, 3.05) is 44.7 Å². The third-order valence-corrected chi connectivity index (χ3v) is 4.05. The number of primary amides is 1. The highest BCUT2D eigenvalue weighted by Gasteiger charge is 2.19. The first-order chi connectivity index (χ1) is 9.60. The van der Waals surface area contributed by atoms with E-state index < -0.39 is 0 Å². The largest absolute Gasteiger partial charge is 0.369 e. The van der Waals surface area contributed by atoms with Gasteiger partial charge in [-0.25, -0.2) is 0 Å². The molecule has 1 saturated heterocycles. The second kappa shape index (κ2) is 6.97. The van der Waals surface area contributed by atoms with Crippen LogP contribution in [0.3, 0.4) is 0 Å². The van der Waals surface area contributed by atoms with E-state index in [1.165, 1.54) is 23.3 Å². The number of benzene rings is 1. The molecule has 1 heterocycles. The fourth-order valence-corrected chi connectivity index (χ4v) is 3.04. The maximum Gasteiger partial charge on any atom is 0.231 e. The Morgan fingerprint density at radius 1 is 1.35 bits per heavy atom. The van der Waals surface area contributed by atoms with Gasteiger partial charge in [0, 0.05) is 48.8 Å². The van der Waals surface area contributed by atoms with Crippen LogP contribution in [0.5, 0.6) is 0 Å². The van der Waals surface area contributed by atoms with Crippen molar-refractivity contribution in [2.45, 2.75) is 11.8 Å². The van der Waals surface area contributed by atoms with E-state index in [-0.39, 0.29) is 5.91 Å². The Kier molecular flexibility index (Phi) is 5.28. The minimum atomic E-state index is -0.254. The SMILES string of the molecule is COSc1ccc(N2CCN(CC(N)=O)CC2)c(C)c1. The number of hydrogen-bond acceptors (Lipinski definition) is 5. The summed E-state index contributed by atoms with van der Waals surface area (Å²) in [5.74, 6) is -0.254. The summed E-state index contributed by atoms with van der Waals surface area (Å²) in [5.41, 5.74) is 7.73. The van der Waals surface area contributed by atoms with E-state index in [0.717, 1.165) is 31.1 Å². The molecule has 110 valence electrons. The lowest BCUT2D eigenvalue weighted by molar-refractivity contribution is -0.119. The number of nitrogens with two attached hydrogens (primary N) is 1. The predicted octanol–water partition coefficient (Wildman–Crippen LogP) is 1.26. The zero-order valence-electron chi connectivity index (χ0n) is 12.0. The number of anilines is 1. The van der Waals surface area contributed by atoms with Gasteiger partial charge in [0.05, 0.1) is 13.7 Å². The first kappa shape index (κ1) is 15.2. The van der Waals surface area contributed by atoms with Crippen LogP contribution >= 0.6 is 12.0 Å². The minimum absolute atomic E-state index is 0.254. The maximum atomic E-state index is 10.9. The number of piperazine rings is 1. The van der Waals surface area contributed by atoms with Gasteiger partial charge in [-0.3, -0.25) is 9.69 Å². The van der Waals surface area contributed by atoms with Crippen LogP contribution in [0, 0.1) is 6.92 Å². The van der Waals surface area contributed by atoms with Crippen molar-refractivity contribution in [1.82, 2.24) is 4.90 Å². The summed E-state index contributed by atoms with van der Waals surface area (Å²) in [6.07, 6.45) is 0. The minimum Gasteiger partial charge on any atom is -0.369 e. The molecule has 20 heavy (non-hydrogen) atoms. The normalized spacial score (nSPS) is 16.4. The average Bonchev–Trinajstić information content (AvgIpc) is 2.40. The number of amides is 1. The Morgan fingerprint density at radius 2 is 2.05 bits per heavy atom. The fourth-order valence-electron chi connectivity index (χ4n) is 2.50. The van der Waals surface area contributed by atoms with Gasteiger partial charge >= 0.3 is 0 Å². The topological polar surface area (TPSA) is 58.8 Å². The Hall–Kier alpha value is -1.24. The van der Waals surface area contributed by atoms with Crippen LogP contribution in [-0.4, -0.2) is 50.6 Å². The molecule has 1 aliphatic rings. The zero-order chi connectivity index (χ0) is 14.5. The molecule has 0 saturated carbocycles. The van der Waals surface area contributed by atoms with Crippen LogP contribution in [0.1, 0.15) is 5.56 Å². The summed E-state index contributed by atoms with van der Waals surface area (Å²) in [6.45, 7) is 6.06. The van der Waals surface area contributed by atoms with Gasteiger partial charge in [0.25, 0.3) is 0 Å². The molecule has 0 bridgehead atoms. The van der Waals surface area contributed by atoms with Gasteiger partial charge in [0.15, 0.2) is 0 Å². The molecule has 1 aliphatic heterocycles. The van der Waals surface area contributed by atoms with E-state index >= 15 is 0 Å². The third-order valence-electron chi connectivity index (χ3n) is 3.44. The standard InChI is InChI=1S/C14H21N3O2S/c1-11-9-12(20-19-2)3-4-13(11)17-7-5-16(6-8-17)10-14(15)18/h3-4,9H,5-8,10H2,1-2H3,(H2,15,18). The highest BCUT2D eigenvalue weighted by atomic mass is 32.2. The van der Waals surface area contributed by atoms with Crippen molar-refractivity contribution < 1.29 is 8.98 Å². The first-order valence-corrected chi connectivity index (χ1v) is 7.41. The third kappa shape index (κ3) is 3.88. The summed E-state index contributed by atoms with van der Waals surface area (Å²) in [6, 6.07) is 6.35. The molecular weight excluding hydrogens is 274 g/mol. The molecule has 0 aromatic heterocycles. The second-order valence-corrected chi connectivity index (χ2v) is 5.90. The molecule has 1 amide bonds. The second-order valence-electron chi connectivity index (χ2n) is 4.93. The van der Waals surface area contributed by atoms with Crippen molar-refractivity contribution in [2.24, 2.45) is 5.73 Å². The van der Waals surface area contributed by atoms with E-state index in [1.807, 2.05) is 0 Å². The number of aryl methyl sites for hydroxylation is 1. The van der Waals surface area contributed by atoms with Crippen LogP contribution in [-0.2, 0) is 8.98 Å². The predicted molar refractivity (Wildman–Crippen MR) is 81.9 cm³/mol.